The van der Waals surface area contributed by atoms with E-state index in [1.165, 1.54) is 17.6 Å². The van der Waals surface area contributed by atoms with E-state index < -0.39 is 11.4 Å². The second-order valence-corrected chi connectivity index (χ2v) is 10.6. The molecule has 2 aromatic heterocycles. The molecular formula is C23H29FN6O2S. The van der Waals surface area contributed by atoms with Gasteiger partial charge in [0.05, 0.1) is 22.8 Å². The maximum atomic E-state index is 15.1. The number of pyridine rings is 1. The fourth-order valence-corrected chi connectivity index (χ4v) is 5.29. The van der Waals surface area contributed by atoms with Gasteiger partial charge in [-0.05, 0) is 64.2 Å². The summed E-state index contributed by atoms with van der Waals surface area (Å²) >= 11 is 1.26. The van der Waals surface area contributed by atoms with E-state index >= 15 is 4.39 Å². The van der Waals surface area contributed by atoms with Gasteiger partial charge in [-0.3, -0.25) is 0 Å². The largest absolute Gasteiger partial charge is 0.444 e. The Morgan fingerprint density at radius 2 is 2.18 bits per heavy atom. The summed E-state index contributed by atoms with van der Waals surface area (Å²) in [5.41, 5.74) is 0.00421. The number of nitriles is 1. The number of likely N-dealkylation sites (N-methyl/N-ethyl adjacent to an activating group) is 1. The van der Waals surface area contributed by atoms with Crippen molar-refractivity contribution >= 4 is 34.3 Å². The number of hydrogen-bond acceptors (Lipinski definition) is 8. The van der Waals surface area contributed by atoms with Gasteiger partial charge in [0.2, 0.25) is 0 Å². The van der Waals surface area contributed by atoms with Gasteiger partial charge in [-0.25, -0.2) is 14.2 Å². The number of carbonyl (C=O) groups is 1. The van der Waals surface area contributed by atoms with Crippen molar-refractivity contribution in [3.63, 3.8) is 0 Å². The van der Waals surface area contributed by atoms with Gasteiger partial charge in [0.1, 0.15) is 16.7 Å². The third-order valence-corrected chi connectivity index (χ3v) is 6.97. The summed E-state index contributed by atoms with van der Waals surface area (Å²) in [5, 5.41) is 13.3. The number of hydrogen-bond donors (Lipinski definition) is 1. The maximum absolute atomic E-state index is 15.1. The summed E-state index contributed by atoms with van der Waals surface area (Å²) in [6, 6.07) is 4.98. The zero-order chi connectivity index (χ0) is 24.0. The van der Waals surface area contributed by atoms with Crippen LogP contribution in [0.3, 0.4) is 0 Å². The van der Waals surface area contributed by atoms with Crippen LogP contribution in [0, 0.1) is 24.1 Å². The first kappa shape index (κ1) is 23.2. The van der Waals surface area contributed by atoms with Crippen LogP contribution >= 0.6 is 11.5 Å². The number of amides is 1. The standard InChI is InChI=1S/C23H29FN6O2S/c1-14-10-18(33-28-14)26-19-15(12-25)11-16(24)20(27-19)30-13-23(30)9-7-6-8-17(23)29(5)21(31)32-22(2,3)4/h10-11,17H,6-9,13H2,1-5H3,(H,26,27). The first-order chi connectivity index (χ1) is 15.5. The molecule has 2 atom stereocenters. The molecule has 0 radical (unpaired) electrons. The van der Waals surface area contributed by atoms with Gasteiger partial charge in [-0.2, -0.15) is 9.64 Å². The van der Waals surface area contributed by atoms with Gasteiger partial charge >= 0.3 is 6.09 Å². The van der Waals surface area contributed by atoms with Crippen molar-refractivity contribution in [3.8, 4) is 6.07 Å². The molecule has 1 saturated carbocycles. The molecule has 176 valence electrons. The predicted molar refractivity (Wildman–Crippen MR) is 125 cm³/mol. The van der Waals surface area contributed by atoms with Crippen LogP contribution in [0.25, 0.3) is 0 Å². The Kier molecular flexibility index (Phi) is 5.95. The van der Waals surface area contributed by atoms with E-state index in [0.717, 1.165) is 36.4 Å². The Hall–Kier alpha value is -2.93. The SMILES string of the molecule is Cc1cc(Nc2nc(N3CC34CCCCC4N(C)C(=O)OC(C)(C)C)c(F)cc2C#N)sn1. The highest BCUT2D eigenvalue weighted by atomic mass is 32.1. The van der Waals surface area contributed by atoms with E-state index in [1.54, 1.807) is 11.9 Å². The molecule has 2 aromatic rings. The molecule has 1 N–H and O–H groups in total. The summed E-state index contributed by atoms with van der Waals surface area (Å²) in [7, 11) is 1.75. The van der Waals surface area contributed by atoms with E-state index in [4.69, 9.17) is 4.74 Å². The summed E-state index contributed by atoms with van der Waals surface area (Å²) in [4.78, 5) is 20.9. The van der Waals surface area contributed by atoms with Crippen LogP contribution in [-0.4, -0.2) is 51.1 Å². The Bertz CT molecular complexity index is 1110. The predicted octanol–water partition coefficient (Wildman–Crippen LogP) is 4.97. The van der Waals surface area contributed by atoms with E-state index in [2.05, 4.69) is 14.7 Å². The molecule has 33 heavy (non-hydrogen) atoms. The average Bonchev–Trinajstić information content (AvgIpc) is 3.28. The lowest BCUT2D eigenvalue weighted by atomic mass is 9.83. The lowest BCUT2D eigenvalue weighted by molar-refractivity contribution is 0.0153. The van der Waals surface area contributed by atoms with Gasteiger partial charge < -0.3 is 19.9 Å². The molecule has 10 heteroatoms. The van der Waals surface area contributed by atoms with E-state index in [9.17, 15) is 10.1 Å². The number of nitrogens with one attached hydrogen (secondary N) is 1. The minimum atomic E-state index is -0.591. The number of carbonyl (C=O) groups excluding carboxylic acids is 1. The van der Waals surface area contributed by atoms with Crippen molar-refractivity contribution in [3.05, 3.63) is 29.2 Å². The zero-order valence-corrected chi connectivity index (χ0v) is 20.4. The summed E-state index contributed by atoms with van der Waals surface area (Å²) in [5.74, 6) is -0.0478. The number of aromatic nitrogens is 2. The molecule has 2 fully saturated rings. The topological polar surface area (TPSA) is 94.1 Å². The number of nitrogens with zero attached hydrogens (tertiary/aromatic N) is 5. The lowest BCUT2D eigenvalue weighted by Crippen LogP contribution is -2.51. The first-order valence-electron chi connectivity index (χ1n) is 11.1. The van der Waals surface area contributed by atoms with E-state index in [0.29, 0.717) is 12.4 Å². The van der Waals surface area contributed by atoms with Gasteiger partial charge in [-0.1, -0.05) is 12.8 Å². The molecule has 2 aliphatic rings. The molecule has 1 amide bonds. The first-order valence-corrected chi connectivity index (χ1v) is 11.9. The molecule has 1 spiro atoms. The van der Waals surface area contributed by atoms with Crippen molar-refractivity contribution < 1.29 is 13.9 Å². The van der Waals surface area contributed by atoms with Gasteiger partial charge in [0.15, 0.2) is 17.5 Å². The highest BCUT2D eigenvalue weighted by molar-refractivity contribution is 7.10. The normalized spacial score (nSPS) is 22.1. The minimum absolute atomic E-state index is 0.113. The Morgan fingerprint density at radius 1 is 1.42 bits per heavy atom. The summed E-state index contributed by atoms with van der Waals surface area (Å²) in [6.45, 7) is 8.00. The van der Waals surface area contributed by atoms with Crippen LogP contribution < -0.4 is 10.2 Å². The number of rotatable bonds is 4. The molecular weight excluding hydrogens is 443 g/mol. The van der Waals surface area contributed by atoms with Crippen molar-refractivity contribution in [2.24, 2.45) is 0 Å². The average molecular weight is 473 g/mol. The quantitative estimate of drug-likeness (QED) is 0.628. The number of ether oxygens (including phenoxy) is 1. The van der Waals surface area contributed by atoms with Crippen molar-refractivity contribution in [1.29, 1.82) is 5.26 Å². The van der Waals surface area contributed by atoms with Crippen LogP contribution in [0.5, 0.6) is 0 Å². The molecule has 4 rings (SSSR count). The smallest absolute Gasteiger partial charge is 0.410 e. The van der Waals surface area contributed by atoms with Crippen molar-refractivity contribution in [2.45, 2.75) is 70.6 Å². The lowest BCUT2D eigenvalue weighted by Gasteiger charge is -2.39. The van der Waals surface area contributed by atoms with Crippen LogP contribution in [0.4, 0.5) is 25.8 Å². The fraction of sp³-hybridized carbons (Fsp3) is 0.565. The maximum Gasteiger partial charge on any atom is 0.410 e. The highest BCUT2D eigenvalue weighted by Gasteiger charge is 2.61. The second kappa shape index (κ2) is 8.45. The second-order valence-electron chi connectivity index (χ2n) is 9.80. The van der Waals surface area contributed by atoms with E-state index in [1.807, 2.05) is 44.7 Å². The third-order valence-electron chi connectivity index (χ3n) is 6.18. The van der Waals surface area contributed by atoms with Crippen LogP contribution in [0.15, 0.2) is 12.1 Å². The molecule has 1 aliphatic heterocycles. The number of aryl methyl sites for hydroxylation is 1. The molecule has 2 unspecified atom stereocenters. The number of halogens is 1. The summed E-state index contributed by atoms with van der Waals surface area (Å²) in [6.07, 6.45) is 3.27. The van der Waals surface area contributed by atoms with Crippen molar-refractivity contribution in [1.82, 2.24) is 14.3 Å². The Balaban J connectivity index is 1.62. The molecule has 0 bridgehead atoms. The number of anilines is 3. The molecule has 1 aliphatic carbocycles. The third kappa shape index (κ3) is 4.60. The van der Waals surface area contributed by atoms with Crippen molar-refractivity contribution in [2.75, 3.05) is 23.8 Å². The fourth-order valence-electron chi connectivity index (χ4n) is 4.63. The highest BCUT2D eigenvalue weighted by Crippen LogP contribution is 2.50. The van der Waals surface area contributed by atoms with Gasteiger partial charge in [0, 0.05) is 13.6 Å². The molecule has 3 heterocycles. The van der Waals surface area contributed by atoms with Crippen LogP contribution in [-0.2, 0) is 4.74 Å². The van der Waals surface area contributed by atoms with E-state index in [-0.39, 0.29) is 29.1 Å². The monoisotopic (exact) mass is 472 g/mol. The van der Waals surface area contributed by atoms with Crippen LogP contribution in [0.2, 0.25) is 0 Å². The van der Waals surface area contributed by atoms with Gasteiger partial charge in [0.25, 0.3) is 0 Å². The van der Waals surface area contributed by atoms with Gasteiger partial charge in [-0.15, -0.1) is 0 Å². The molecule has 0 aromatic carbocycles. The van der Waals surface area contributed by atoms with Crippen LogP contribution in [0.1, 0.15) is 57.7 Å². The molecule has 1 saturated heterocycles. The summed E-state index contributed by atoms with van der Waals surface area (Å²) < 4.78 is 24.9. The zero-order valence-electron chi connectivity index (χ0n) is 19.6. The molecule has 8 nitrogen and oxygen atoms in total. The Morgan fingerprint density at radius 3 is 2.82 bits per heavy atom. The minimum Gasteiger partial charge on any atom is -0.444 e. The Labute approximate surface area is 197 Å².